The number of aromatic nitrogens is 1. The summed E-state index contributed by atoms with van der Waals surface area (Å²) in [7, 11) is 0. The molecule has 0 atom stereocenters. The van der Waals surface area contributed by atoms with Gasteiger partial charge in [0.2, 0.25) is 0 Å². The number of benzene rings is 2. The van der Waals surface area contributed by atoms with Gasteiger partial charge in [-0.2, -0.15) is 0 Å². The van der Waals surface area contributed by atoms with Crippen molar-refractivity contribution in [1.82, 2.24) is 4.98 Å². The van der Waals surface area contributed by atoms with Gasteiger partial charge in [-0.1, -0.05) is 88.0 Å². The highest BCUT2D eigenvalue weighted by Gasteiger charge is 2.18. The molecule has 0 spiro atoms. The third kappa shape index (κ3) is 7.12. The zero-order chi connectivity index (χ0) is 26.9. The summed E-state index contributed by atoms with van der Waals surface area (Å²) in [5.74, 6) is 1.34. The van der Waals surface area contributed by atoms with E-state index in [1.54, 1.807) is 11.3 Å². The van der Waals surface area contributed by atoms with Gasteiger partial charge in [-0.3, -0.25) is 4.99 Å². The van der Waals surface area contributed by atoms with Gasteiger partial charge in [-0.25, -0.2) is 4.98 Å². The lowest BCUT2D eigenvalue weighted by atomic mass is 9.90. The average molecular weight is 544 g/mol. The number of aryl methyl sites for hydroxylation is 1. The molecule has 0 aliphatic carbocycles. The van der Waals surface area contributed by atoms with E-state index >= 15 is 0 Å². The summed E-state index contributed by atoms with van der Waals surface area (Å²) in [5.41, 5.74) is 6.56. The Morgan fingerprint density at radius 2 is 1.68 bits per heavy atom. The van der Waals surface area contributed by atoms with Crippen LogP contribution in [0.5, 0.6) is 0 Å². The van der Waals surface area contributed by atoms with Crippen molar-refractivity contribution in [3.05, 3.63) is 81.0 Å². The summed E-state index contributed by atoms with van der Waals surface area (Å²) in [6.07, 6.45) is 11.0. The Balaban J connectivity index is 1.70. The topological polar surface area (TPSA) is 37.3 Å². The number of hydrogen-bond acceptors (Lipinski definition) is 4. The van der Waals surface area contributed by atoms with Gasteiger partial charge in [0.15, 0.2) is 5.82 Å². The zero-order valence-corrected chi connectivity index (χ0v) is 24.5. The molecular formula is C33H38ClN3S. The molecule has 0 aliphatic heterocycles. The fourth-order valence-corrected chi connectivity index (χ4v) is 5.89. The second-order valence-corrected chi connectivity index (χ2v) is 11.5. The predicted molar refractivity (Wildman–Crippen MR) is 170 cm³/mol. The van der Waals surface area contributed by atoms with Gasteiger partial charge in [-0.05, 0) is 79.6 Å². The van der Waals surface area contributed by atoms with E-state index in [-0.39, 0.29) is 0 Å². The van der Waals surface area contributed by atoms with Crippen LogP contribution in [0.4, 0.5) is 17.2 Å². The number of pyridine rings is 1. The molecule has 4 rings (SSSR count). The maximum Gasteiger partial charge on any atom is 0.157 e. The van der Waals surface area contributed by atoms with E-state index in [0.29, 0.717) is 5.92 Å². The highest BCUT2D eigenvalue weighted by atomic mass is 35.5. The summed E-state index contributed by atoms with van der Waals surface area (Å²) in [6, 6.07) is 20.8. The Bertz CT molecular complexity index is 1400. The molecule has 0 aliphatic rings. The van der Waals surface area contributed by atoms with Crippen LogP contribution in [0.3, 0.4) is 0 Å². The molecule has 2 aromatic carbocycles. The Morgan fingerprint density at radius 1 is 0.947 bits per heavy atom. The molecule has 0 saturated heterocycles. The first kappa shape index (κ1) is 28.1. The van der Waals surface area contributed by atoms with E-state index < -0.39 is 0 Å². The number of thiophene rings is 1. The second-order valence-electron chi connectivity index (χ2n) is 9.80. The normalized spacial score (nSPS) is 12.2. The summed E-state index contributed by atoms with van der Waals surface area (Å²) < 4.78 is 0.804. The van der Waals surface area contributed by atoms with Crippen molar-refractivity contribution in [2.45, 2.75) is 66.2 Å². The Labute approximate surface area is 236 Å². The largest absolute Gasteiger partial charge is 0.338 e. The number of rotatable bonds is 12. The van der Waals surface area contributed by atoms with Gasteiger partial charge in [0.25, 0.3) is 0 Å². The van der Waals surface area contributed by atoms with E-state index in [4.69, 9.17) is 21.6 Å². The number of para-hydroxylation sites is 1. The Morgan fingerprint density at radius 3 is 2.34 bits per heavy atom. The van der Waals surface area contributed by atoms with E-state index in [1.807, 2.05) is 18.2 Å². The maximum atomic E-state index is 6.06. The lowest BCUT2D eigenvalue weighted by molar-refractivity contribution is 0.549. The maximum absolute atomic E-state index is 6.06. The Hall–Kier alpha value is -2.95. The zero-order valence-electron chi connectivity index (χ0n) is 22.9. The quantitative estimate of drug-likeness (QED) is 0.180. The number of nitrogens with zero attached hydrogens (tertiary/aromatic N) is 2. The van der Waals surface area contributed by atoms with Gasteiger partial charge in [0.1, 0.15) is 5.69 Å². The molecule has 5 heteroatoms. The Kier molecular flexibility index (Phi) is 10.1. The van der Waals surface area contributed by atoms with Crippen molar-refractivity contribution < 1.29 is 0 Å². The van der Waals surface area contributed by atoms with Crippen LogP contribution in [0.1, 0.15) is 75.3 Å². The second kappa shape index (κ2) is 13.7. The highest BCUT2D eigenvalue weighted by Crippen LogP contribution is 2.36. The van der Waals surface area contributed by atoms with Crippen molar-refractivity contribution in [3.63, 3.8) is 0 Å². The van der Waals surface area contributed by atoms with Gasteiger partial charge >= 0.3 is 0 Å². The number of nitrogens with one attached hydrogen (secondary N) is 1. The molecule has 2 aromatic heterocycles. The minimum atomic E-state index is 0.521. The lowest BCUT2D eigenvalue weighted by Gasteiger charge is -2.20. The van der Waals surface area contributed by atoms with Gasteiger partial charge < -0.3 is 5.32 Å². The average Bonchev–Trinajstić information content (AvgIpc) is 3.34. The summed E-state index contributed by atoms with van der Waals surface area (Å²) in [5, 5.41) is 4.76. The van der Waals surface area contributed by atoms with Crippen LogP contribution in [-0.2, 0) is 0 Å². The van der Waals surface area contributed by atoms with Crippen LogP contribution in [-0.4, -0.2) is 10.7 Å². The van der Waals surface area contributed by atoms with Crippen LogP contribution in [0.25, 0.3) is 23.1 Å². The molecule has 3 nitrogen and oxygen atoms in total. The van der Waals surface area contributed by atoms with Crippen molar-refractivity contribution in [1.29, 1.82) is 0 Å². The monoisotopic (exact) mass is 543 g/mol. The molecule has 38 heavy (non-hydrogen) atoms. The van der Waals surface area contributed by atoms with E-state index in [9.17, 15) is 0 Å². The molecule has 198 valence electrons. The van der Waals surface area contributed by atoms with Crippen LogP contribution >= 0.6 is 22.9 Å². The van der Waals surface area contributed by atoms with E-state index in [2.05, 4.69) is 87.6 Å². The minimum Gasteiger partial charge on any atom is -0.338 e. The fourth-order valence-electron chi connectivity index (χ4n) is 4.93. The molecule has 4 aromatic rings. The molecule has 2 heterocycles. The summed E-state index contributed by atoms with van der Waals surface area (Å²) >= 11 is 7.64. The van der Waals surface area contributed by atoms with Gasteiger partial charge in [0.05, 0.1) is 9.85 Å². The van der Waals surface area contributed by atoms with Gasteiger partial charge in [-0.15, -0.1) is 11.3 Å². The molecule has 0 radical (unpaired) electrons. The van der Waals surface area contributed by atoms with E-state index in [0.717, 1.165) is 55.7 Å². The first-order chi connectivity index (χ1) is 18.5. The van der Waals surface area contributed by atoms with Crippen molar-refractivity contribution >= 4 is 68.9 Å². The van der Waals surface area contributed by atoms with Crippen LogP contribution in [0.2, 0.25) is 4.34 Å². The molecular weight excluding hydrogens is 506 g/mol. The predicted octanol–water partition coefficient (Wildman–Crippen LogP) is 11.3. The van der Waals surface area contributed by atoms with Crippen LogP contribution in [0, 0.1) is 12.8 Å². The number of aliphatic imine (C=N–C) groups is 1. The van der Waals surface area contributed by atoms with Crippen LogP contribution < -0.4 is 5.32 Å². The third-order valence-corrected chi connectivity index (χ3v) is 8.03. The van der Waals surface area contributed by atoms with E-state index in [1.165, 1.54) is 37.0 Å². The molecule has 0 bridgehead atoms. The molecule has 0 unspecified atom stereocenters. The first-order valence-corrected chi connectivity index (χ1v) is 15.0. The number of hydrogen-bond donors (Lipinski definition) is 1. The van der Waals surface area contributed by atoms with Crippen LogP contribution in [0.15, 0.2) is 65.7 Å². The smallest absolute Gasteiger partial charge is 0.157 e. The standard InChI is InChI=1S/C33H38ClN3S/c1-5-10-25(11-6-2)29(12-7-3)36-32-23(4)28-13-8-9-14-30(28)37-33(32)35-26-18-15-24(16-19-26)17-20-27-21-22-31(34)38-27/h8-9,13-22,25H,5-7,10-12H2,1-4H3,(H,35,37)/b20-17+,36-29+. The van der Waals surface area contributed by atoms with Gasteiger partial charge in [0, 0.05) is 21.7 Å². The lowest BCUT2D eigenvalue weighted by Crippen LogP contribution is -2.14. The molecule has 0 saturated carbocycles. The van der Waals surface area contributed by atoms with Crippen molar-refractivity contribution in [2.75, 3.05) is 5.32 Å². The third-order valence-electron chi connectivity index (χ3n) is 6.83. The minimum absolute atomic E-state index is 0.521. The molecule has 1 N–H and O–H groups in total. The summed E-state index contributed by atoms with van der Waals surface area (Å²) in [6.45, 7) is 8.97. The SMILES string of the molecule is CCC/C(=N\c1c(Nc2ccc(/C=C/c3ccc(Cl)s3)cc2)nc2ccccc2c1C)C(CCC)CCC. The molecule has 0 amide bonds. The fraction of sp³-hybridized carbons (Fsp3) is 0.333. The highest BCUT2D eigenvalue weighted by molar-refractivity contribution is 7.17. The number of halogens is 1. The number of anilines is 2. The number of fused-ring (bicyclic) bond motifs is 1. The molecule has 0 fully saturated rings. The van der Waals surface area contributed by atoms with Crippen molar-refractivity contribution in [3.8, 4) is 0 Å². The first-order valence-electron chi connectivity index (χ1n) is 13.8. The summed E-state index contributed by atoms with van der Waals surface area (Å²) in [4.78, 5) is 11.6. The van der Waals surface area contributed by atoms with Crippen molar-refractivity contribution in [2.24, 2.45) is 10.9 Å².